The molecule has 9 heteroatoms. The van der Waals surface area contributed by atoms with Gasteiger partial charge in [0.25, 0.3) is 0 Å². The van der Waals surface area contributed by atoms with E-state index in [0.29, 0.717) is 40.6 Å². The molecule has 3 rings (SSSR count). The second kappa shape index (κ2) is 12.2. The van der Waals surface area contributed by atoms with Crippen molar-refractivity contribution in [3.63, 3.8) is 0 Å². The average molecular weight is 490 g/mol. The van der Waals surface area contributed by atoms with Crippen LogP contribution >= 0.6 is 0 Å². The van der Waals surface area contributed by atoms with E-state index in [4.69, 9.17) is 14.2 Å². The third-order valence-electron chi connectivity index (χ3n) is 5.03. The van der Waals surface area contributed by atoms with Gasteiger partial charge < -0.3 is 19.5 Å². The van der Waals surface area contributed by atoms with Crippen molar-refractivity contribution in [3.05, 3.63) is 83.4 Å². The first-order chi connectivity index (χ1) is 17.3. The Morgan fingerprint density at radius 2 is 1.53 bits per heavy atom. The number of methoxy groups -OCH3 is 1. The lowest BCUT2D eigenvalue weighted by Gasteiger charge is -2.11. The van der Waals surface area contributed by atoms with Crippen molar-refractivity contribution in [2.24, 2.45) is 5.10 Å². The largest absolute Gasteiger partial charge is 0.494 e. The Balaban J connectivity index is 1.62. The SMILES string of the molecule is CCOc1ccc(NC(=O)C(=O)NN=C(C)c2ccc(OC(=O)c3ccc(C)cc3)c(OC)c2)cc1. The lowest BCUT2D eigenvalue weighted by molar-refractivity contribution is -0.136. The fourth-order valence-electron chi connectivity index (χ4n) is 3.06. The molecule has 0 spiro atoms. The van der Waals surface area contributed by atoms with Crippen LogP contribution in [0.1, 0.15) is 35.3 Å². The monoisotopic (exact) mass is 489 g/mol. The molecular weight excluding hydrogens is 462 g/mol. The van der Waals surface area contributed by atoms with E-state index in [9.17, 15) is 14.4 Å². The number of hydrogen-bond donors (Lipinski definition) is 2. The summed E-state index contributed by atoms with van der Waals surface area (Å²) in [6.45, 7) is 5.97. The Labute approximate surface area is 209 Å². The maximum absolute atomic E-state index is 12.4. The molecule has 9 nitrogen and oxygen atoms in total. The maximum atomic E-state index is 12.4. The molecule has 2 amide bonds. The minimum Gasteiger partial charge on any atom is -0.494 e. The van der Waals surface area contributed by atoms with Gasteiger partial charge in [-0.15, -0.1) is 0 Å². The number of aryl methyl sites for hydroxylation is 1. The summed E-state index contributed by atoms with van der Waals surface area (Å²) < 4.78 is 16.2. The molecule has 0 unspecified atom stereocenters. The smallest absolute Gasteiger partial charge is 0.343 e. The van der Waals surface area contributed by atoms with E-state index in [1.165, 1.54) is 7.11 Å². The Morgan fingerprint density at radius 3 is 2.17 bits per heavy atom. The highest BCUT2D eigenvalue weighted by atomic mass is 16.6. The van der Waals surface area contributed by atoms with Crippen LogP contribution in [0.4, 0.5) is 5.69 Å². The molecule has 3 aromatic carbocycles. The molecule has 0 aliphatic carbocycles. The van der Waals surface area contributed by atoms with Crippen LogP contribution in [0.5, 0.6) is 17.2 Å². The number of carbonyl (C=O) groups excluding carboxylic acids is 3. The van der Waals surface area contributed by atoms with Crippen molar-refractivity contribution in [1.82, 2.24) is 5.43 Å². The number of nitrogens with zero attached hydrogens (tertiary/aromatic N) is 1. The summed E-state index contributed by atoms with van der Waals surface area (Å²) >= 11 is 0. The fraction of sp³-hybridized carbons (Fsp3) is 0.185. The molecule has 0 saturated carbocycles. The molecule has 0 bridgehead atoms. The molecule has 0 saturated heterocycles. The predicted octanol–water partition coefficient (Wildman–Crippen LogP) is 4.10. The van der Waals surface area contributed by atoms with Crippen molar-refractivity contribution in [2.45, 2.75) is 20.8 Å². The third kappa shape index (κ3) is 6.92. The van der Waals surface area contributed by atoms with E-state index in [-0.39, 0.29) is 5.75 Å². The highest BCUT2D eigenvalue weighted by Gasteiger charge is 2.16. The standard InChI is InChI=1S/C27H27N3O6/c1-5-35-22-13-11-21(12-14-22)28-25(31)26(32)30-29-18(3)20-10-15-23(24(16-20)34-4)36-27(33)19-8-6-17(2)7-9-19/h6-16H,5H2,1-4H3,(H,28,31)(H,30,32). The van der Waals surface area contributed by atoms with Crippen LogP contribution in [0.2, 0.25) is 0 Å². The second-order valence-corrected chi connectivity index (χ2v) is 7.67. The van der Waals surface area contributed by atoms with Crippen molar-refractivity contribution < 1.29 is 28.6 Å². The van der Waals surface area contributed by atoms with Gasteiger partial charge in [-0.1, -0.05) is 17.7 Å². The molecule has 0 atom stereocenters. The van der Waals surface area contributed by atoms with Crippen LogP contribution < -0.4 is 25.0 Å². The molecule has 36 heavy (non-hydrogen) atoms. The van der Waals surface area contributed by atoms with E-state index >= 15 is 0 Å². The molecule has 3 aromatic rings. The number of amides is 2. The second-order valence-electron chi connectivity index (χ2n) is 7.67. The summed E-state index contributed by atoms with van der Waals surface area (Å²) in [5.41, 5.74) is 5.12. The first-order valence-electron chi connectivity index (χ1n) is 11.2. The maximum Gasteiger partial charge on any atom is 0.343 e. The number of hydrazone groups is 1. The molecule has 186 valence electrons. The minimum absolute atomic E-state index is 0.235. The number of esters is 1. The topological polar surface area (TPSA) is 115 Å². The van der Waals surface area contributed by atoms with Gasteiger partial charge in [-0.3, -0.25) is 9.59 Å². The van der Waals surface area contributed by atoms with Crippen molar-refractivity contribution >= 4 is 29.2 Å². The summed E-state index contributed by atoms with van der Waals surface area (Å²) in [5.74, 6) is -1.12. The molecule has 0 heterocycles. The summed E-state index contributed by atoms with van der Waals surface area (Å²) in [4.78, 5) is 36.8. The number of benzene rings is 3. The lowest BCUT2D eigenvalue weighted by Crippen LogP contribution is -2.32. The van der Waals surface area contributed by atoms with Crippen LogP contribution in [-0.2, 0) is 9.59 Å². The van der Waals surface area contributed by atoms with Crippen LogP contribution in [0.25, 0.3) is 0 Å². The molecule has 0 aromatic heterocycles. The highest BCUT2D eigenvalue weighted by molar-refractivity contribution is 6.39. The molecule has 0 radical (unpaired) electrons. The first kappa shape index (κ1) is 26.0. The normalized spacial score (nSPS) is 10.8. The molecule has 0 aliphatic heterocycles. The van der Waals surface area contributed by atoms with E-state index in [2.05, 4.69) is 15.8 Å². The lowest BCUT2D eigenvalue weighted by atomic mass is 10.1. The quantitative estimate of drug-likeness (QED) is 0.162. The van der Waals surface area contributed by atoms with E-state index in [1.807, 2.05) is 26.0 Å². The van der Waals surface area contributed by atoms with Crippen molar-refractivity contribution in [1.29, 1.82) is 0 Å². The number of ether oxygens (including phenoxy) is 3. The molecule has 0 aliphatic rings. The zero-order chi connectivity index (χ0) is 26.1. The van der Waals surface area contributed by atoms with Crippen LogP contribution in [0.3, 0.4) is 0 Å². The number of carbonyl (C=O) groups is 3. The third-order valence-corrected chi connectivity index (χ3v) is 5.03. The summed E-state index contributed by atoms with van der Waals surface area (Å²) in [5, 5.41) is 6.48. The first-order valence-corrected chi connectivity index (χ1v) is 11.2. The molecule has 2 N–H and O–H groups in total. The minimum atomic E-state index is -0.932. The number of hydrogen-bond acceptors (Lipinski definition) is 7. The van der Waals surface area contributed by atoms with E-state index in [1.54, 1.807) is 61.5 Å². The fourth-order valence-corrected chi connectivity index (χ4v) is 3.06. The Kier molecular flexibility index (Phi) is 8.77. The Hall–Kier alpha value is -4.66. The van der Waals surface area contributed by atoms with Gasteiger partial charge in [-0.05, 0) is 75.4 Å². The Bertz CT molecular complexity index is 1270. The number of anilines is 1. The van der Waals surface area contributed by atoms with Gasteiger partial charge >= 0.3 is 17.8 Å². The van der Waals surface area contributed by atoms with Crippen molar-refractivity contribution in [3.8, 4) is 17.2 Å². The van der Waals surface area contributed by atoms with Gasteiger partial charge in [-0.2, -0.15) is 5.10 Å². The van der Waals surface area contributed by atoms with Crippen LogP contribution in [0.15, 0.2) is 71.8 Å². The Morgan fingerprint density at radius 1 is 0.861 bits per heavy atom. The van der Waals surface area contributed by atoms with Gasteiger partial charge in [0.2, 0.25) is 0 Å². The summed E-state index contributed by atoms with van der Waals surface area (Å²) in [6, 6.07) is 18.5. The van der Waals surface area contributed by atoms with Gasteiger partial charge in [-0.25, -0.2) is 10.2 Å². The zero-order valence-electron chi connectivity index (χ0n) is 20.5. The predicted molar refractivity (Wildman–Crippen MR) is 136 cm³/mol. The van der Waals surface area contributed by atoms with Gasteiger partial charge in [0, 0.05) is 11.3 Å². The number of rotatable bonds is 8. The van der Waals surface area contributed by atoms with E-state index < -0.39 is 17.8 Å². The number of nitrogens with one attached hydrogen (secondary N) is 2. The molecular formula is C27H27N3O6. The highest BCUT2D eigenvalue weighted by Crippen LogP contribution is 2.29. The summed E-state index contributed by atoms with van der Waals surface area (Å²) in [7, 11) is 1.45. The van der Waals surface area contributed by atoms with Gasteiger partial charge in [0.1, 0.15) is 5.75 Å². The van der Waals surface area contributed by atoms with Gasteiger partial charge in [0.05, 0.1) is 25.0 Å². The van der Waals surface area contributed by atoms with Crippen molar-refractivity contribution in [2.75, 3.05) is 19.0 Å². The average Bonchev–Trinajstić information content (AvgIpc) is 2.88. The zero-order valence-corrected chi connectivity index (χ0v) is 20.5. The van der Waals surface area contributed by atoms with Gasteiger partial charge in [0.15, 0.2) is 11.5 Å². The van der Waals surface area contributed by atoms with E-state index in [0.717, 1.165) is 5.56 Å². The van der Waals surface area contributed by atoms with Crippen LogP contribution in [-0.4, -0.2) is 37.2 Å². The summed E-state index contributed by atoms with van der Waals surface area (Å²) in [6.07, 6.45) is 0. The van der Waals surface area contributed by atoms with Crippen LogP contribution in [0, 0.1) is 6.92 Å². The molecule has 0 fully saturated rings.